The standard InChI is InChI=1S/C20H29N3O2.ClH/c1-15-17(20(25)23-13-2-3-14-23)5-4-6-18(15)22-19(24)8-7-16-9-11-21-12-10-16;/h4-6,16,21H,2-3,7-14H2,1H3,(H,22,24);1H. The van der Waals surface area contributed by atoms with E-state index in [2.05, 4.69) is 10.6 Å². The third-order valence-electron chi connectivity index (χ3n) is 5.47. The summed E-state index contributed by atoms with van der Waals surface area (Å²) in [5.41, 5.74) is 2.34. The van der Waals surface area contributed by atoms with Crippen LogP contribution >= 0.6 is 12.4 Å². The maximum absolute atomic E-state index is 12.6. The van der Waals surface area contributed by atoms with Gasteiger partial charge in [0.2, 0.25) is 5.91 Å². The van der Waals surface area contributed by atoms with Gasteiger partial charge >= 0.3 is 0 Å². The highest BCUT2D eigenvalue weighted by Gasteiger charge is 2.22. The van der Waals surface area contributed by atoms with Gasteiger partial charge in [0.1, 0.15) is 0 Å². The number of piperidine rings is 1. The first-order valence-electron chi connectivity index (χ1n) is 9.54. The summed E-state index contributed by atoms with van der Waals surface area (Å²) >= 11 is 0. The molecule has 2 N–H and O–H groups in total. The predicted octanol–water partition coefficient (Wildman–Crippen LogP) is 3.37. The van der Waals surface area contributed by atoms with Crippen molar-refractivity contribution < 1.29 is 9.59 Å². The van der Waals surface area contributed by atoms with Crippen LogP contribution in [0, 0.1) is 12.8 Å². The molecule has 5 nitrogen and oxygen atoms in total. The molecule has 0 aromatic heterocycles. The van der Waals surface area contributed by atoms with Crippen molar-refractivity contribution in [2.45, 2.75) is 45.4 Å². The number of rotatable bonds is 5. The summed E-state index contributed by atoms with van der Waals surface area (Å²) in [7, 11) is 0. The molecule has 0 unspecified atom stereocenters. The smallest absolute Gasteiger partial charge is 0.254 e. The molecule has 0 spiro atoms. The van der Waals surface area contributed by atoms with Gasteiger partial charge < -0.3 is 15.5 Å². The van der Waals surface area contributed by atoms with Gasteiger partial charge in [-0.1, -0.05) is 6.07 Å². The molecule has 2 fully saturated rings. The van der Waals surface area contributed by atoms with E-state index in [9.17, 15) is 9.59 Å². The van der Waals surface area contributed by atoms with Crippen molar-refractivity contribution in [2.75, 3.05) is 31.5 Å². The normalized spacial score (nSPS) is 17.7. The number of anilines is 1. The molecule has 0 saturated carbocycles. The Morgan fingerprint density at radius 3 is 2.58 bits per heavy atom. The Morgan fingerprint density at radius 2 is 1.88 bits per heavy atom. The Hall–Kier alpha value is -1.59. The minimum Gasteiger partial charge on any atom is -0.339 e. The average molecular weight is 380 g/mol. The van der Waals surface area contributed by atoms with Crippen LogP contribution in [0.15, 0.2) is 18.2 Å². The third-order valence-corrected chi connectivity index (χ3v) is 5.47. The predicted molar refractivity (Wildman–Crippen MR) is 107 cm³/mol. The van der Waals surface area contributed by atoms with Crippen LogP contribution in [0.1, 0.15) is 54.4 Å². The number of carbonyl (C=O) groups excluding carboxylic acids is 2. The van der Waals surface area contributed by atoms with E-state index in [4.69, 9.17) is 0 Å². The fourth-order valence-corrected chi connectivity index (χ4v) is 3.81. The molecule has 0 atom stereocenters. The van der Waals surface area contributed by atoms with Gasteiger partial charge in [-0.3, -0.25) is 9.59 Å². The van der Waals surface area contributed by atoms with E-state index in [-0.39, 0.29) is 24.2 Å². The molecule has 2 saturated heterocycles. The Kier molecular flexibility index (Phi) is 7.91. The van der Waals surface area contributed by atoms with Gasteiger partial charge in [0.25, 0.3) is 5.91 Å². The Labute approximate surface area is 162 Å². The molecule has 0 bridgehead atoms. The minimum absolute atomic E-state index is 0. The molecule has 144 valence electrons. The van der Waals surface area contributed by atoms with Crippen LogP contribution in [-0.2, 0) is 4.79 Å². The molecule has 26 heavy (non-hydrogen) atoms. The number of benzene rings is 1. The lowest BCUT2D eigenvalue weighted by atomic mass is 9.93. The highest BCUT2D eigenvalue weighted by atomic mass is 35.5. The zero-order valence-electron chi connectivity index (χ0n) is 15.6. The third kappa shape index (κ3) is 5.21. The molecule has 2 aliphatic heterocycles. The number of amides is 2. The van der Waals surface area contributed by atoms with Crippen molar-refractivity contribution in [3.05, 3.63) is 29.3 Å². The summed E-state index contributed by atoms with van der Waals surface area (Å²) in [4.78, 5) is 26.9. The molecular formula is C20H30ClN3O2. The van der Waals surface area contributed by atoms with Crippen LogP contribution in [0.3, 0.4) is 0 Å². The van der Waals surface area contributed by atoms with Gasteiger partial charge in [0.15, 0.2) is 0 Å². The maximum Gasteiger partial charge on any atom is 0.254 e. The van der Waals surface area contributed by atoms with Crippen LogP contribution in [0.5, 0.6) is 0 Å². The van der Waals surface area contributed by atoms with Crippen molar-refractivity contribution in [3.8, 4) is 0 Å². The summed E-state index contributed by atoms with van der Waals surface area (Å²) < 4.78 is 0. The second kappa shape index (κ2) is 9.93. The van der Waals surface area contributed by atoms with Crippen LogP contribution in [0.2, 0.25) is 0 Å². The number of hydrogen-bond acceptors (Lipinski definition) is 3. The Morgan fingerprint density at radius 1 is 1.19 bits per heavy atom. The lowest BCUT2D eigenvalue weighted by Gasteiger charge is -2.22. The Balaban J connectivity index is 0.00000243. The first kappa shape index (κ1) is 20.7. The lowest BCUT2D eigenvalue weighted by Crippen LogP contribution is -2.29. The number of halogens is 1. The van der Waals surface area contributed by atoms with E-state index in [1.807, 2.05) is 30.0 Å². The van der Waals surface area contributed by atoms with Gasteiger partial charge in [0.05, 0.1) is 0 Å². The molecule has 3 rings (SSSR count). The van der Waals surface area contributed by atoms with Crippen molar-refractivity contribution in [3.63, 3.8) is 0 Å². The summed E-state index contributed by atoms with van der Waals surface area (Å²) in [5, 5.41) is 6.36. The zero-order chi connectivity index (χ0) is 17.6. The SMILES string of the molecule is Cc1c(NC(=O)CCC2CCNCC2)cccc1C(=O)N1CCCC1.Cl. The Bertz CT molecular complexity index is 623. The van der Waals surface area contributed by atoms with E-state index in [0.29, 0.717) is 17.9 Å². The molecule has 1 aromatic rings. The monoisotopic (exact) mass is 379 g/mol. The number of likely N-dealkylation sites (tertiary alicyclic amines) is 1. The average Bonchev–Trinajstić information content (AvgIpc) is 3.17. The van der Waals surface area contributed by atoms with Crippen LogP contribution in [0.4, 0.5) is 5.69 Å². The summed E-state index contributed by atoms with van der Waals surface area (Å²) in [6.07, 6.45) is 5.97. The summed E-state index contributed by atoms with van der Waals surface area (Å²) in [6, 6.07) is 5.61. The summed E-state index contributed by atoms with van der Waals surface area (Å²) in [5.74, 6) is 0.782. The lowest BCUT2D eigenvalue weighted by molar-refractivity contribution is -0.116. The van der Waals surface area contributed by atoms with Crippen LogP contribution in [0.25, 0.3) is 0 Å². The first-order chi connectivity index (χ1) is 12.1. The minimum atomic E-state index is 0. The van der Waals surface area contributed by atoms with Gasteiger partial charge in [-0.05, 0) is 75.7 Å². The van der Waals surface area contributed by atoms with Crippen LogP contribution in [-0.4, -0.2) is 42.9 Å². The van der Waals surface area contributed by atoms with Gasteiger partial charge in [-0.25, -0.2) is 0 Å². The van der Waals surface area contributed by atoms with Gasteiger partial charge in [-0.2, -0.15) is 0 Å². The van der Waals surface area contributed by atoms with Crippen molar-refractivity contribution in [1.82, 2.24) is 10.2 Å². The number of nitrogens with one attached hydrogen (secondary N) is 2. The largest absolute Gasteiger partial charge is 0.339 e. The van der Waals surface area contributed by atoms with E-state index in [1.54, 1.807) is 0 Å². The molecule has 1 aromatic carbocycles. The van der Waals surface area contributed by atoms with E-state index < -0.39 is 0 Å². The molecule has 2 aliphatic rings. The first-order valence-corrected chi connectivity index (χ1v) is 9.54. The van der Waals surface area contributed by atoms with E-state index >= 15 is 0 Å². The van der Waals surface area contributed by atoms with Crippen LogP contribution < -0.4 is 10.6 Å². The van der Waals surface area contributed by atoms with Gasteiger partial charge in [-0.15, -0.1) is 12.4 Å². The van der Waals surface area contributed by atoms with Crippen molar-refractivity contribution in [2.24, 2.45) is 5.92 Å². The second-order valence-corrected chi connectivity index (χ2v) is 7.26. The molecule has 0 radical (unpaired) electrons. The fraction of sp³-hybridized carbons (Fsp3) is 0.600. The number of carbonyl (C=O) groups is 2. The molecule has 2 heterocycles. The highest BCUT2D eigenvalue weighted by Crippen LogP contribution is 2.23. The zero-order valence-corrected chi connectivity index (χ0v) is 16.4. The van der Waals surface area contributed by atoms with Crippen molar-refractivity contribution >= 4 is 29.9 Å². The molecule has 6 heteroatoms. The van der Waals surface area contributed by atoms with E-state index in [1.165, 1.54) is 0 Å². The highest BCUT2D eigenvalue weighted by molar-refractivity contribution is 5.99. The second-order valence-electron chi connectivity index (χ2n) is 7.26. The fourth-order valence-electron chi connectivity index (χ4n) is 3.81. The van der Waals surface area contributed by atoms with Crippen molar-refractivity contribution in [1.29, 1.82) is 0 Å². The molecule has 0 aliphatic carbocycles. The van der Waals surface area contributed by atoms with E-state index in [0.717, 1.165) is 69.5 Å². The number of hydrogen-bond donors (Lipinski definition) is 2. The van der Waals surface area contributed by atoms with Gasteiger partial charge in [0, 0.05) is 30.8 Å². The molecule has 2 amide bonds. The molecular weight excluding hydrogens is 350 g/mol. The maximum atomic E-state index is 12.6. The number of nitrogens with zero attached hydrogens (tertiary/aromatic N) is 1. The summed E-state index contributed by atoms with van der Waals surface area (Å²) in [6.45, 7) is 5.72. The quantitative estimate of drug-likeness (QED) is 0.824. The topological polar surface area (TPSA) is 61.4 Å².